The lowest BCUT2D eigenvalue weighted by atomic mass is 9.97. The first-order chi connectivity index (χ1) is 13.6. The molecule has 150 valence electrons. The summed E-state index contributed by atoms with van der Waals surface area (Å²) >= 11 is 0. The minimum absolute atomic E-state index is 0.255. The SMILES string of the molecule is C=C(C)C(=O)OCCc1ccc2c(ccc3cc(OC(=O)C(C)(C)C)ccc32)c1. The van der Waals surface area contributed by atoms with Gasteiger partial charge in [-0.05, 0) is 66.9 Å². The van der Waals surface area contributed by atoms with Crippen molar-refractivity contribution in [1.29, 1.82) is 0 Å². The zero-order valence-electron chi connectivity index (χ0n) is 17.4. The highest BCUT2D eigenvalue weighted by Gasteiger charge is 2.23. The van der Waals surface area contributed by atoms with E-state index in [9.17, 15) is 9.59 Å². The summed E-state index contributed by atoms with van der Waals surface area (Å²) in [5, 5.41) is 4.35. The van der Waals surface area contributed by atoms with Crippen molar-refractivity contribution in [3.8, 4) is 5.75 Å². The third-order valence-electron chi connectivity index (χ3n) is 4.67. The largest absolute Gasteiger partial charge is 0.462 e. The van der Waals surface area contributed by atoms with Crippen molar-refractivity contribution in [2.24, 2.45) is 5.41 Å². The van der Waals surface area contributed by atoms with E-state index in [1.165, 1.54) is 0 Å². The molecule has 0 aromatic heterocycles. The van der Waals surface area contributed by atoms with E-state index in [0.717, 1.165) is 27.1 Å². The molecule has 0 heterocycles. The van der Waals surface area contributed by atoms with Crippen LogP contribution in [0.15, 0.2) is 60.7 Å². The molecule has 4 nitrogen and oxygen atoms in total. The summed E-state index contributed by atoms with van der Waals surface area (Å²) in [6.07, 6.45) is 0.648. The third kappa shape index (κ3) is 4.83. The Morgan fingerprint density at radius 1 is 0.931 bits per heavy atom. The van der Waals surface area contributed by atoms with Crippen molar-refractivity contribution in [1.82, 2.24) is 0 Å². The number of ether oxygens (including phenoxy) is 2. The predicted octanol–water partition coefficient (Wildman–Crippen LogP) is 5.61. The fraction of sp³-hybridized carbons (Fsp3) is 0.280. The normalized spacial score (nSPS) is 11.4. The lowest BCUT2D eigenvalue weighted by molar-refractivity contribution is -0.143. The van der Waals surface area contributed by atoms with Crippen molar-refractivity contribution in [2.45, 2.75) is 34.1 Å². The van der Waals surface area contributed by atoms with Gasteiger partial charge < -0.3 is 9.47 Å². The molecule has 0 aliphatic heterocycles. The van der Waals surface area contributed by atoms with Gasteiger partial charge in [0.05, 0.1) is 12.0 Å². The topological polar surface area (TPSA) is 52.6 Å². The summed E-state index contributed by atoms with van der Waals surface area (Å²) in [5.41, 5.74) is 0.956. The van der Waals surface area contributed by atoms with Crippen LogP contribution in [0.5, 0.6) is 5.75 Å². The van der Waals surface area contributed by atoms with Gasteiger partial charge in [0.25, 0.3) is 0 Å². The molecule has 0 aliphatic rings. The van der Waals surface area contributed by atoms with Crippen LogP contribution in [-0.2, 0) is 20.7 Å². The van der Waals surface area contributed by atoms with Gasteiger partial charge in [-0.3, -0.25) is 4.79 Å². The van der Waals surface area contributed by atoms with E-state index in [1.807, 2.05) is 51.1 Å². The smallest absolute Gasteiger partial charge is 0.333 e. The lowest BCUT2D eigenvalue weighted by Crippen LogP contribution is -2.25. The zero-order chi connectivity index (χ0) is 21.2. The Hall–Kier alpha value is -3.14. The van der Waals surface area contributed by atoms with Crippen LogP contribution < -0.4 is 4.74 Å². The van der Waals surface area contributed by atoms with Crippen molar-refractivity contribution in [3.63, 3.8) is 0 Å². The average molecular weight is 390 g/mol. The summed E-state index contributed by atoms with van der Waals surface area (Å²) in [7, 11) is 0. The summed E-state index contributed by atoms with van der Waals surface area (Å²) in [5.74, 6) is -0.0675. The molecule has 0 saturated heterocycles. The van der Waals surface area contributed by atoms with Crippen LogP contribution in [0.25, 0.3) is 21.5 Å². The van der Waals surface area contributed by atoms with Crippen LogP contribution in [0.3, 0.4) is 0 Å². The van der Waals surface area contributed by atoms with Crippen molar-refractivity contribution in [2.75, 3.05) is 6.61 Å². The Balaban J connectivity index is 1.82. The summed E-state index contributed by atoms with van der Waals surface area (Å²) in [6, 6.07) is 16.0. The quantitative estimate of drug-likeness (QED) is 0.246. The highest BCUT2D eigenvalue weighted by atomic mass is 16.5. The maximum absolute atomic E-state index is 12.1. The molecule has 3 aromatic carbocycles. The second-order valence-corrected chi connectivity index (χ2v) is 8.31. The van der Waals surface area contributed by atoms with E-state index in [0.29, 0.717) is 24.4 Å². The first kappa shape index (κ1) is 20.6. The van der Waals surface area contributed by atoms with Gasteiger partial charge in [-0.1, -0.05) is 43.0 Å². The predicted molar refractivity (Wildman–Crippen MR) is 116 cm³/mol. The van der Waals surface area contributed by atoms with Crippen LogP contribution in [0, 0.1) is 5.41 Å². The average Bonchev–Trinajstić information content (AvgIpc) is 2.66. The maximum atomic E-state index is 12.1. The highest BCUT2D eigenvalue weighted by molar-refractivity contribution is 6.08. The van der Waals surface area contributed by atoms with Gasteiger partial charge in [0.1, 0.15) is 5.75 Å². The van der Waals surface area contributed by atoms with Crippen LogP contribution in [0.2, 0.25) is 0 Å². The Kier molecular flexibility index (Phi) is 5.73. The Labute approximate surface area is 171 Å². The highest BCUT2D eigenvalue weighted by Crippen LogP contribution is 2.30. The molecule has 0 radical (unpaired) electrons. The van der Waals surface area contributed by atoms with E-state index < -0.39 is 5.41 Å². The molecular weight excluding hydrogens is 364 g/mol. The maximum Gasteiger partial charge on any atom is 0.333 e. The van der Waals surface area contributed by atoms with Crippen LogP contribution in [0.1, 0.15) is 33.3 Å². The molecule has 0 aliphatic carbocycles. The van der Waals surface area contributed by atoms with Crippen molar-refractivity contribution < 1.29 is 19.1 Å². The fourth-order valence-electron chi connectivity index (χ4n) is 2.96. The van der Waals surface area contributed by atoms with E-state index in [4.69, 9.17) is 9.47 Å². The number of esters is 2. The van der Waals surface area contributed by atoms with Crippen LogP contribution in [0.4, 0.5) is 0 Å². The zero-order valence-corrected chi connectivity index (χ0v) is 17.4. The second-order valence-electron chi connectivity index (χ2n) is 8.31. The Morgan fingerprint density at radius 3 is 2.17 bits per heavy atom. The van der Waals surface area contributed by atoms with Gasteiger partial charge in [0, 0.05) is 12.0 Å². The molecule has 3 rings (SSSR count). The molecule has 0 atom stereocenters. The van der Waals surface area contributed by atoms with E-state index in [1.54, 1.807) is 6.92 Å². The standard InChI is InChI=1S/C25H26O4/c1-16(2)23(26)28-13-12-17-6-10-21-18(14-17)7-8-19-15-20(9-11-22(19)21)29-24(27)25(3,4)5/h6-11,14-15H,1,12-13H2,2-5H3. The third-order valence-corrected chi connectivity index (χ3v) is 4.67. The molecule has 29 heavy (non-hydrogen) atoms. The number of carbonyl (C=O) groups is 2. The fourth-order valence-corrected chi connectivity index (χ4v) is 2.96. The van der Waals surface area contributed by atoms with Crippen LogP contribution >= 0.6 is 0 Å². The molecular formula is C25H26O4. The first-order valence-electron chi connectivity index (χ1n) is 9.65. The summed E-state index contributed by atoms with van der Waals surface area (Å²) < 4.78 is 10.7. The van der Waals surface area contributed by atoms with Gasteiger partial charge in [-0.15, -0.1) is 0 Å². The van der Waals surface area contributed by atoms with Gasteiger partial charge >= 0.3 is 11.9 Å². The molecule has 0 unspecified atom stereocenters. The molecule has 0 bridgehead atoms. The van der Waals surface area contributed by atoms with Crippen molar-refractivity contribution in [3.05, 3.63) is 66.2 Å². The minimum atomic E-state index is -0.548. The number of carbonyl (C=O) groups excluding carboxylic acids is 2. The number of hydrogen-bond acceptors (Lipinski definition) is 4. The minimum Gasteiger partial charge on any atom is -0.462 e. The number of hydrogen-bond donors (Lipinski definition) is 0. The molecule has 0 N–H and O–H groups in total. The summed E-state index contributed by atoms with van der Waals surface area (Å²) in [4.78, 5) is 23.6. The van der Waals surface area contributed by atoms with E-state index in [2.05, 4.69) is 24.8 Å². The Bertz CT molecular complexity index is 1100. The van der Waals surface area contributed by atoms with Gasteiger partial charge in [0.15, 0.2) is 0 Å². The van der Waals surface area contributed by atoms with E-state index >= 15 is 0 Å². The number of fused-ring (bicyclic) bond motifs is 3. The lowest BCUT2D eigenvalue weighted by Gasteiger charge is -2.16. The van der Waals surface area contributed by atoms with Gasteiger partial charge in [-0.2, -0.15) is 0 Å². The second kappa shape index (κ2) is 8.08. The van der Waals surface area contributed by atoms with E-state index in [-0.39, 0.29) is 11.9 Å². The molecule has 4 heteroatoms. The summed E-state index contributed by atoms with van der Waals surface area (Å²) in [6.45, 7) is 11.0. The Morgan fingerprint density at radius 2 is 1.55 bits per heavy atom. The molecule has 0 spiro atoms. The number of benzene rings is 3. The monoisotopic (exact) mass is 390 g/mol. The molecule has 0 fully saturated rings. The van der Waals surface area contributed by atoms with Crippen LogP contribution in [-0.4, -0.2) is 18.5 Å². The number of rotatable bonds is 5. The first-order valence-corrected chi connectivity index (χ1v) is 9.65. The van der Waals surface area contributed by atoms with Gasteiger partial charge in [-0.25, -0.2) is 4.79 Å². The molecule has 0 amide bonds. The molecule has 3 aromatic rings. The van der Waals surface area contributed by atoms with Crippen molar-refractivity contribution >= 4 is 33.5 Å². The molecule has 0 saturated carbocycles. The van der Waals surface area contributed by atoms with Gasteiger partial charge in [0.2, 0.25) is 0 Å².